The third kappa shape index (κ3) is 5.47. The Morgan fingerprint density at radius 3 is 2.68 bits per heavy atom. The molecule has 5 N–H and O–H groups in total. The number of carbonyl (C=O) groups excluding carboxylic acids is 3. The highest BCUT2D eigenvalue weighted by Crippen LogP contribution is 2.41. The van der Waals surface area contributed by atoms with Gasteiger partial charge in [-0.3, -0.25) is 24.1 Å². The van der Waals surface area contributed by atoms with Crippen molar-refractivity contribution in [2.45, 2.75) is 22.5 Å². The fourth-order valence-corrected chi connectivity index (χ4v) is 7.01. The smallest absolute Gasteiger partial charge is 0.352 e. The Kier molecular flexibility index (Phi) is 7.75. The van der Waals surface area contributed by atoms with Crippen LogP contribution in [0.4, 0.5) is 0 Å². The molecule has 0 saturated carbocycles. The van der Waals surface area contributed by atoms with E-state index in [1.165, 1.54) is 64.8 Å². The molecule has 1 fully saturated rings. The Morgan fingerprint density at radius 2 is 1.93 bits per heavy atom. The number of aromatic hydroxyl groups is 1. The molecule has 18 heteroatoms. The first-order chi connectivity index (χ1) is 21.2. The fraction of sp³-hybridized carbons (Fsp3) is 0.192. The first-order valence-electron chi connectivity index (χ1n) is 12.9. The highest BCUT2D eigenvalue weighted by molar-refractivity contribution is 8.01. The quantitative estimate of drug-likeness (QED) is 0.120. The average Bonchev–Trinajstić information content (AvgIpc) is 3.49. The van der Waals surface area contributed by atoms with Gasteiger partial charge in [0.15, 0.2) is 11.1 Å². The highest BCUT2D eigenvalue weighted by Gasteiger charge is 2.54. The van der Waals surface area contributed by atoms with Crippen molar-refractivity contribution in [2.75, 3.05) is 11.5 Å². The molecule has 2 aliphatic rings. The van der Waals surface area contributed by atoms with E-state index in [0.717, 1.165) is 11.0 Å². The molecule has 2 aliphatic heterocycles. The van der Waals surface area contributed by atoms with Crippen LogP contribution in [0.15, 0.2) is 75.9 Å². The van der Waals surface area contributed by atoms with Crippen molar-refractivity contribution in [3.63, 3.8) is 0 Å². The van der Waals surface area contributed by atoms with Gasteiger partial charge in [0.1, 0.15) is 39.5 Å². The summed E-state index contributed by atoms with van der Waals surface area (Å²) in [5.41, 5.74) is 0.279. The number of hydrogen-bond donors (Lipinski definition) is 5. The van der Waals surface area contributed by atoms with E-state index in [9.17, 15) is 34.2 Å². The largest absolute Gasteiger partial charge is 0.508 e. The molecule has 16 nitrogen and oxygen atoms in total. The molecule has 3 aromatic heterocycles. The zero-order valence-electron chi connectivity index (χ0n) is 22.3. The molecular formula is C26H21N9O7S2. The van der Waals surface area contributed by atoms with Gasteiger partial charge in [-0.25, -0.2) is 4.79 Å². The number of carbonyl (C=O) groups is 4. The molecular weight excluding hydrogens is 614 g/mol. The topological polar surface area (TPSA) is 225 Å². The molecule has 5 heterocycles. The fourth-order valence-electron chi connectivity index (χ4n) is 4.67. The van der Waals surface area contributed by atoms with E-state index in [1.807, 2.05) is 0 Å². The molecule has 0 spiro atoms. The van der Waals surface area contributed by atoms with Crippen LogP contribution in [0.3, 0.4) is 0 Å². The summed E-state index contributed by atoms with van der Waals surface area (Å²) in [6.07, 6.45) is 2.56. The van der Waals surface area contributed by atoms with E-state index in [4.69, 9.17) is 0 Å². The number of β-lactam (4-membered cyclic amide) rings is 1. The standard InChI is InChI=1S/C26H21N9O7S2/c36-14-3-1-12(2-4-14)19(28-22(38)15-9-27-8-7-16(15)37)23(39)29-20-24(40)34-21(26(41)42)13(11-44-25(20)34)10-43-18-6-5-17-30-32-33-35(17)31-18/h1-9,19-20,25,36H,10-11H2,(H,27,37)(H,28,38)(H,29,39)(H,41,42)/t19?,20?,25-/m1/s1. The minimum absolute atomic E-state index is 0.0733. The van der Waals surface area contributed by atoms with E-state index < -0.39 is 46.6 Å². The Hall–Kier alpha value is -5.23. The van der Waals surface area contributed by atoms with Crippen molar-refractivity contribution in [3.8, 4) is 5.75 Å². The number of tetrazole rings is 1. The molecule has 0 bridgehead atoms. The highest BCUT2D eigenvalue weighted by atomic mass is 32.2. The van der Waals surface area contributed by atoms with Crippen molar-refractivity contribution in [1.82, 2.24) is 45.8 Å². The summed E-state index contributed by atoms with van der Waals surface area (Å²) in [6.45, 7) is 0. The molecule has 3 atom stereocenters. The van der Waals surface area contributed by atoms with Crippen LogP contribution in [0.5, 0.6) is 5.75 Å². The van der Waals surface area contributed by atoms with Gasteiger partial charge >= 0.3 is 5.97 Å². The van der Waals surface area contributed by atoms with Crippen LogP contribution >= 0.6 is 23.5 Å². The number of carboxylic acids is 1. The van der Waals surface area contributed by atoms with E-state index in [1.54, 1.807) is 12.1 Å². The molecule has 44 heavy (non-hydrogen) atoms. The number of amides is 3. The maximum absolute atomic E-state index is 13.5. The lowest BCUT2D eigenvalue weighted by molar-refractivity contribution is -0.151. The van der Waals surface area contributed by atoms with Crippen molar-refractivity contribution in [3.05, 3.63) is 87.5 Å². The van der Waals surface area contributed by atoms with E-state index in [2.05, 4.69) is 36.2 Å². The zero-order chi connectivity index (χ0) is 31.0. The first kappa shape index (κ1) is 28.9. The number of aromatic nitrogens is 6. The van der Waals surface area contributed by atoms with Gasteiger partial charge in [0.05, 0.1) is 0 Å². The minimum Gasteiger partial charge on any atom is -0.508 e. The summed E-state index contributed by atoms with van der Waals surface area (Å²) in [4.78, 5) is 67.9. The lowest BCUT2D eigenvalue weighted by Crippen LogP contribution is -2.71. The molecule has 2 unspecified atom stereocenters. The number of carboxylic acid groups (broad SMARTS) is 1. The number of aliphatic carboxylic acids is 1. The number of pyridine rings is 1. The number of benzene rings is 1. The van der Waals surface area contributed by atoms with E-state index >= 15 is 0 Å². The maximum atomic E-state index is 13.5. The van der Waals surface area contributed by atoms with E-state index in [0.29, 0.717) is 16.2 Å². The van der Waals surface area contributed by atoms with Crippen LogP contribution < -0.4 is 16.1 Å². The number of fused-ring (bicyclic) bond motifs is 2. The van der Waals surface area contributed by atoms with Gasteiger partial charge in [0.25, 0.3) is 11.8 Å². The number of nitrogens with zero attached hydrogens (tertiary/aromatic N) is 6. The monoisotopic (exact) mass is 635 g/mol. The number of phenolic OH excluding ortho intramolecular Hbond substituents is 1. The number of H-pyrrole nitrogens is 1. The van der Waals surface area contributed by atoms with Crippen molar-refractivity contribution in [2.24, 2.45) is 0 Å². The maximum Gasteiger partial charge on any atom is 0.352 e. The molecule has 0 radical (unpaired) electrons. The molecule has 0 aliphatic carbocycles. The average molecular weight is 636 g/mol. The van der Waals surface area contributed by atoms with Gasteiger partial charge in [0, 0.05) is 30.0 Å². The third-order valence-electron chi connectivity index (χ3n) is 6.82. The lowest BCUT2D eigenvalue weighted by Gasteiger charge is -2.49. The molecule has 1 aromatic carbocycles. The van der Waals surface area contributed by atoms with Gasteiger partial charge in [0.2, 0.25) is 5.91 Å². The molecule has 224 valence electrons. The lowest BCUT2D eigenvalue weighted by atomic mass is 10.0. The van der Waals surface area contributed by atoms with Crippen LogP contribution in [0.1, 0.15) is 22.0 Å². The van der Waals surface area contributed by atoms with Crippen LogP contribution in [0.25, 0.3) is 5.65 Å². The molecule has 4 aromatic rings. The Labute approximate surface area is 254 Å². The number of rotatable bonds is 9. The second kappa shape index (κ2) is 11.8. The normalized spacial score (nSPS) is 18.4. The van der Waals surface area contributed by atoms with Crippen molar-refractivity contribution in [1.29, 1.82) is 0 Å². The van der Waals surface area contributed by atoms with Gasteiger partial charge in [-0.2, -0.15) is 0 Å². The molecule has 6 rings (SSSR count). The predicted octanol–water partition coefficient (Wildman–Crippen LogP) is -0.0848. The summed E-state index contributed by atoms with van der Waals surface area (Å²) in [5.74, 6) is -3.07. The Bertz CT molecular complexity index is 1890. The molecule has 1 saturated heterocycles. The second-order valence-corrected chi connectivity index (χ2v) is 11.7. The second-order valence-electron chi connectivity index (χ2n) is 9.56. The van der Waals surface area contributed by atoms with Crippen LogP contribution in [-0.2, 0) is 14.4 Å². The van der Waals surface area contributed by atoms with Crippen LogP contribution in [-0.4, -0.2) is 92.0 Å². The number of thioether (sulfide) groups is 2. The summed E-state index contributed by atoms with van der Waals surface area (Å²) in [5, 5.41) is 40.1. The number of phenols is 1. The van der Waals surface area contributed by atoms with Gasteiger partial charge in [-0.1, -0.05) is 12.1 Å². The third-order valence-corrected chi connectivity index (χ3v) is 9.17. The van der Waals surface area contributed by atoms with Gasteiger partial charge in [-0.05, 0) is 45.8 Å². The summed E-state index contributed by atoms with van der Waals surface area (Å²) in [7, 11) is 0. The number of aromatic amines is 1. The number of hydrogen-bond acceptors (Lipinski definition) is 12. The van der Waals surface area contributed by atoms with Crippen molar-refractivity contribution < 1.29 is 29.4 Å². The van der Waals surface area contributed by atoms with Gasteiger partial charge < -0.3 is 25.8 Å². The van der Waals surface area contributed by atoms with Crippen molar-refractivity contribution >= 4 is 52.9 Å². The molecule has 3 amide bonds. The summed E-state index contributed by atoms with van der Waals surface area (Å²) >= 11 is 2.55. The minimum atomic E-state index is -1.34. The Morgan fingerprint density at radius 1 is 1.14 bits per heavy atom. The predicted molar refractivity (Wildman–Crippen MR) is 154 cm³/mol. The van der Waals surface area contributed by atoms with Gasteiger partial charge in [-0.15, -0.1) is 38.4 Å². The summed E-state index contributed by atoms with van der Waals surface area (Å²) in [6, 6.07) is 7.60. The summed E-state index contributed by atoms with van der Waals surface area (Å²) < 4.78 is 1.25. The van der Waals surface area contributed by atoms with Crippen LogP contribution in [0, 0.1) is 0 Å². The van der Waals surface area contributed by atoms with E-state index in [-0.39, 0.29) is 34.1 Å². The first-order valence-corrected chi connectivity index (χ1v) is 14.9. The Balaban J connectivity index is 1.19. The number of nitrogens with one attached hydrogen (secondary N) is 3. The zero-order valence-corrected chi connectivity index (χ0v) is 23.9. The SMILES string of the molecule is O=C(O)C1=C(CSc2ccc3nnnn3n2)CS[C@@H]2C(NC(=O)C(NC(=O)c3c[nH]ccc3=O)c3ccc(O)cc3)C(=O)N12. The van der Waals surface area contributed by atoms with Crippen LogP contribution in [0.2, 0.25) is 0 Å².